The first kappa shape index (κ1) is 5.73. The maximum Gasteiger partial charge on any atom is 0.0901 e. The third-order valence-electron chi connectivity index (χ3n) is 1.79. The number of anilines is 1. The highest BCUT2D eigenvalue weighted by atomic mass is 15.3. The molecular formula is C6H10N4. The summed E-state index contributed by atoms with van der Waals surface area (Å²) in [5.74, 6) is 5.90. The van der Waals surface area contributed by atoms with Gasteiger partial charge in [-0.25, -0.2) is 0 Å². The van der Waals surface area contributed by atoms with E-state index in [2.05, 4.69) is 15.6 Å². The van der Waals surface area contributed by atoms with Crippen molar-refractivity contribution in [2.45, 2.75) is 18.8 Å². The Balaban J connectivity index is 2.28. The van der Waals surface area contributed by atoms with Gasteiger partial charge in [0.1, 0.15) is 0 Å². The van der Waals surface area contributed by atoms with Gasteiger partial charge in [-0.05, 0) is 12.8 Å². The van der Waals surface area contributed by atoms with Crippen molar-refractivity contribution < 1.29 is 0 Å². The summed E-state index contributed by atoms with van der Waals surface area (Å²) < 4.78 is 0. The molecule has 0 amide bonds. The summed E-state index contributed by atoms with van der Waals surface area (Å²) in [5, 5.41) is 6.86. The molecule has 1 fully saturated rings. The van der Waals surface area contributed by atoms with Gasteiger partial charge in [-0.1, -0.05) is 0 Å². The minimum Gasteiger partial charge on any atom is -0.321 e. The molecule has 1 heterocycles. The maximum atomic E-state index is 5.25. The van der Waals surface area contributed by atoms with Crippen molar-refractivity contribution >= 4 is 5.69 Å². The Bertz CT molecular complexity index is 225. The van der Waals surface area contributed by atoms with Gasteiger partial charge in [0.2, 0.25) is 0 Å². The van der Waals surface area contributed by atoms with Crippen LogP contribution in [-0.4, -0.2) is 10.2 Å². The van der Waals surface area contributed by atoms with E-state index in [0.29, 0.717) is 5.92 Å². The summed E-state index contributed by atoms with van der Waals surface area (Å²) in [4.78, 5) is 0. The molecule has 4 heteroatoms. The van der Waals surface area contributed by atoms with Crippen LogP contribution in [0.15, 0.2) is 6.20 Å². The number of nitrogens with two attached hydrogens (primary N) is 1. The molecule has 0 bridgehead atoms. The lowest BCUT2D eigenvalue weighted by molar-refractivity contribution is 0.964. The Labute approximate surface area is 58.8 Å². The summed E-state index contributed by atoms with van der Waals surface area (Å²) in [6.07, 6.45) is 4.28. The molecule has 0 atom stereocenters. The Morgan fingerprint density at radius 1 is 1.70 bits per heavy atom. The zero-order chi connectivity index (χ0) is 6.97. The van der Waals surface area contributed by atoms with Crippen molar-refractivity contribution in [3.05, 3.63) is 11.9 Å². The van der Waals surface area contributed by atoms with Crippen LogP contribution in [0.5, 0.6) is 0 Å². The molecule has 1 saturated carbocycles. The summed E-state index contributed by atoms with van der Waals surface area (Å²) in [6, 6.07) is 0. The Morgan fingerprint density at radius 2 is 2.50 bits per heavy atom. The van der Waals surface area contributed by atoms with Crippen molar-refractivity contribution in [2.75, 3.05) is 5.43 Å². The van der Waals surface area contributed by atoms with Crippen molar-refractivity contribution in [2.24, 2.45) is 5.84 Å². The highest BCUT2D eigenvalue weighted by Gasteiger charge is 2.28. The van der Waals surface area contributed by atoms with E-state index in [0.717, 1.165) is 11.4 Å². The number of H-pyrrole nitrogens is 1. The summed E-state index contributed by atoms with van der Waals surface area (Å²) in [7, 11) is 0. The lowest BCUT2D eigenvalue weighted by Gasteiger charge is -1.95. The highest BCUT2D eigenvalue weighted by Crippen LogP contribution is 2.41. The van der Waals surface area contributed by atoms with E-state index in [-0.39, 0.29) is 0 Å². The second kappa shape index (κ2) is 1.98. The first-order valence-corrected chi connectivity index (χ1v) is 3.42. The fourth-order valence-corrected chi connectivity index (χ4v) is 1.08. The van der Waals surface area contributed by atoms with Crippen LogP contribution in [0.25, 0.3) is 0 Å². The number of rotatable bonds is 2. The Kier molecular flexibility index (Phi) is 1.14. The minimum absolute atomic E-state index is 0.650. The molecular weight excluding hydrogens is 128 g/mol. The second-order valence-electron chi connectivity index (χ2n) is 2.60. The molecule has 0 saturated heterocycles. The number of nitrogens with one attached hydrogen (secondary N) is 2. The van der Waals surface area contributed by atoms with E-state index < -0.39 is 0 Å². The number of hydrogen-bond acceptors (Lipinski definition) is 3. The van der Waals surface area contributed by atoms with Crippen LogP contribution in [0.3, 0.4) is 0 Å². The van der Waals surface area contributed by atoms with Gasteiger partial charge in [0.25, 0.3) is 0 Å². The van der Waals surface area contributed by atoms with E-state index in [9.17, 15) is 0 Å². The molecule has 0 aliphatic heterocycles. The number of nitrogen functional groups attached to an aromatic ring is 1. The van der Waals surface area contributed by atoms with Gasteiger partial charge in [0.05, 0.1) is 11.4 Å². The van der Waals surface area contributed by atoms with Crippen LogP contribution in [-0.2, 0) is 0 Å². The number of hydrogen-bond donors (Lipinski definition) is 3. The van der Waals surface area contributed by atoms with Crippen LogP contribution in [0.1, 0.15) is 24.5 Å². The molecule has 1 aliphatic carbocycles. The highest BCUT2D eigenvalue weighted by molar-refractivity contribution is 5.47. The average Bonchev–Trinajstić information content (AvgIpc) is 2.69. The second-order valence-corrected chi connectivity index (χ2v) is 2.60. The molecule has 4 nitrogen and oxygen atoms in total. The minimum atomic E-state index is 0.650. The molecule has 4 N–H and O–H groups in total. The van der Waals surface area contributed by atoms with E-state index in [1.807, 2.05) is 0 Å². The number of nitrogens with zero attached hydrogens (tertiary/aromatic N) is 1. The van der Waals surface area contributed by atoms with Gasteiger partial charge in [0, 0.05) is 12.1 Å². The zero-order valence-electron chi connectivity index (χ0n) is 5.59. The van der Waals surface area contributed by atoms with Crippen LogP contribution >= 0.6 is 0 Å². The molecule has 54 valence electrons. The van der Waals surface area contributed by atoms with Gasteiger partial charge in [0.15, 0.2) is 0 Å². The molecule has 10 heavy (non-hydrogen) atoms. The van der Waals surface area contributed by atoms with E-state index in [4.69, 9.17) is 5.84 Å². The Morgan fingerprint density at radius 3 is 3.10 bits per heavy atom. The number of hydrazine groups is 1. The summed E-state index contributed by atoms with van der Waals surface area (Å²) in [6.45, 7) is 0. The van der Waals surface area contributed by atoms with Gasteiger partial charge in [-0.3, -0.25) is 10.9 Å². The molecule has 0 aromatic carbocycles. The maximum absolute atomic E-state index is 5.25. The predicted molar refractivity (Wildman–Crippen MR) is 38.4 cm³/mol. The lowest BCUT2D eigenvalue weighted by Crippen LogP contribution is -2.07. The van der Waals surface area contributed by atoms with Gasteiger partial charge in [-0.15, -0.1) is 0 Å². The van der Waals surface area contributed by atoms with Crippen molar-refractivity contribution in [1.82, 2.24) is 10.2 Å². The van der Waals surface area contributed by atoms with Crippen LogP contribution < -0.4 is 11.3 Å². The quantitative estimate of drug-likeness (QED) is 0.413. The largest absolute Gasteiger partial charge is 0.321 e. The van der Waals surface area contributed by atoms with Crippen LogP contribution in [0, 0.1) is 0 Å². The normalized spacial score (nSPS) is 17.3. The molecule has 2 rings (SSSR count). The van der Waals surface area contributed by atoms with Crippen LogP contribution in [0.4, 0.5) is 5.69 Å². The third kappa shape index (κ3) is 0.769. The van der Waals surface area contributed by atoms with E-state index >= 15 is 0 Å². The summed E-state index contributed by atoms with van der Waals surface area (Å²) in [5.41, 5.74) is 4.62. The fourth-order valence-electron chi connectivity index (χ4n) is 1.08. The molecule has 1 aliphatic rings. The predicted octanol–water partition coefficient (Wildman–Crippen LogP) is 0.573. The van der Waals surface area contributed by atoms with Crippen molar-refractivity contribution in [1.29, 1.82) is 0 Å². The van der Waals surface area contributed by atoms with E-state index in [1.165, 1.54) is 12.8 Å². The van der Waals surface area contributed by atoms with Gasteiger partial charge < -0.3 is 5.43 Å². The SMILES string of the molecule is NNc1c[nH]nc1C1CC1. The first-order chi connectivity index (χ1) is 4.92. The van der Waals surface area contributed by atoms with Crippen molar-refractivity contribution in [3.63, 3.8) is 0 Å². The number of aromatic nitrogens is 2. The smallest absolute Gasteiger partial charge is 0.0901 e. The number of aromatic amines is 1. The third-order valence-corrected chi connectivity index (χ3v) is 1.79. The average molecular weight is 138 g/mol. The summed E-state index contributed by atoms with van der Waals surface area (Å²) >= 11 is 0. The monoisotopic (exact) mass is 138 g/mol. The molecule has 0 unspecified atom stereocenters. The Hall–Kier alpha value is -1.03. The lowest BCUT2D eigenvalue weighted by atomic mass is 10.3. The van der Waals surface area contributed by atoms with Gasteiger partial charge in [-0.2, -0.15) is 5.10 Å². The zero-order valence-corrected chi connectivity index (χ0v) is 5.59. The van der Waals surface area contributed by atoms with Crippen LogP contribution in [0.2, 0.25) is 0 Å². The standard InChI is InChI=1S/C6H10N4/c7-9-5-3-8-10-6(5)4-1-2-4/h3-4,9H,1-2,7H2,(H,8,10). The molecule has 0 spiro atoms. The fraction of sp³-hybridized carbons (Fsp3) is 0.500. The molecule has 0 radical (unpaired) electrons. The molecule has 1 aromatic rings. The molecule has 1 aromatic heterocycles. The topological polar surface area (TPSA) is 66.7 Å². The van der Waals surface area contributed by atoms with Crippen molar-refractivity contribution in [3.8, 4) is 0 Å². The van der Waals surface area contributed by atoms with E-state index in [1.54, 1.807) is 6.20 Å². The van der Waals surface area contributed by atoms with Gasteiger partial charge >= 0.3 is 0 Å². The first-order valence-electron chi connectivity index (χ1n) is 3.42.